The van der Waals surface area contributed by atoms with Crippen molar-refractivity contribution in [3.05, 3.63) is 72.1 Å². The van der Waals surface area contributed by atoms with Gasteiger partial charge in [-0.05, 0) is 37.3 Å². The molecule has 0 spiro atoms. The molecule has 3 aromatic rings. The van der Waals surface area contributed by atoms with E-state index in [1.807, 2.05) is 42.0 Å². The summed E-state index contributed by atoms with van der Waals surface area (Å²) in [5, 5.41) is 7.19. The first-order valence-electron chi connectivity index (χ1n) is 9.20. The van der Waals surface area contributed by atoms with Crippen molar-refractivity contribution in [1.29, 1.82) is 0 Å². The van der Waals surface area contributed by atoms with Gasteiger partial charge in [0.1, 0.15) is 0 Å². The summed E-state index contributed by atoms with van der Waals surface area (Å²) in [6.07, 6.45) is 17.2. The summed E-state index contributed by atoms with van der Waals surface area (Å²) in [7, 11) is 0. The number of rotatable bonds is 7. The van der Waals surface area contributed by atoms with Crippen molar-refractivity contribution < 1.29 is 0 Å². The van der Waals surface area contributed by atoms with Crippen LogP contribution < -0.4 is 5.73 Å². The average molecular weight is 391 g/mol. The van der Waals surface area contributed by atoms with Crippen LogP contribution in [0.4, 0.5) is 0 Å². The fourth-order valence-electron chi connectivity index (χ4n) is 3.28. The minimum atomic E-state index is -0.233. The molecule has 0 aliphatic heterocycles. The number of nitrogens with two attached hydrogens (primary N) is 1. The van der Waals surface area contributed by atoms with Crippen LogP contribution in [0.3, 0.4) is 0 Å². The maximum atomic E-state index is 6.41. The van der Waals surface area contributed by atoms with E-state index in [1.165, 1.54) is 17.8 Å². The molecule has 1 fully saturated rings. The number of nitrogens with zero attached hydrogens (tertiary/aromatic N) is 5. The van der Waals surface area contributed by atoms with E-state index >= 15 is 0 Å². The molecule has 0 saturated heterocycles. The second-order valence-corrected chi connectivity index (χ2v) is 7.75. The average Bonchev–Trinajstić information content (AvgIpc) is 3.33. The van der Waals surface area contributed by atoms with Gasteiger partial charge in [-0.15, -0.1) is 23.0 Å². The molecule has 7 heteroatoms. The summed E-state index contributed by atoms with van der Waals surface area (Å²) in [6.45, 7) is 7.76. The summed E-state index contributed by atoms with van der Waals surface area (Å²) in [5.74, 6) is 1.12. The zero-order valence-corrected chi connectivity index (χ0v) is 16.4. The van der Waals surface area contributed by atoms with E-state index in [9.17, 15) is 0 Å². The quantitative estimate of drug-likeness (QED) is 0.487. The normalized spacial score (nSPS) is 16.4. The Kier molecular flexibility index (Phi) is 5.02. The molecule has 3 aromatic heterocycles. The first kappa shape index (κ1) is 18.5. The van der Waals surface area contributed by atoms with Crippen molar-refractivity contribution in [2.75, 3.05) is 0 Å². The summed E-state index contributed by atoms with van der Waals surface area (Å²) < 4.78 is 1.70. The van der Waals surface area contributed by atoms with Crippen LogP contribution in [0, 0.1) is 0 Å². The minimum Gasteiger partial charge on any atom is -0.321 e. The minimum absolute atomic E-state index is 0.233. The first-order valence-corrected chi connectivity index (χ1v) is 10.1. The van der Waals surface area contributed by atoms with Crippen molar-refractivity contribution in [1.82, 2.24) is 24.6 Å². The topological polar surface area (TPSA) is 82.0 Å². The van der Waals surface area contributed by atoms with Crippen molar-refractivity contribution in [2.45, 2.75) is 31.2 Å². The number of fused-ring (bicyclic) bond motifs is 1. The highest BCUT2D eigenvalue weighted by molar-refractivity contribution is 7.13. The molecule has 3 heterocycles. The molecule has 1 saturated carbocycles. The highest BCUT2D eigenvalue weighted by Gasteiger charge is 2.34. The Morgan fingerprint density at radius 1 is 1.32 bits per heavy atom. The van der Waals surface area contributed by atoms with Crippen LogP contribution in [0.1, 0.15) is 30.5 Å². The van der Waals surface area contributed by atoms with Gasteiger partial charge in [0.05, 0.1) is 5.69 Å². The lowest BCUT2D eigenvalue weighted by molar-refractivity contribution is 0.304. The van der Waals surface area contributed by atoms with E-state index in [1.54, 1.807) is 10.7 Å². The van der Waals surface area contributed by atoms with Gasteiger partial charge in [0, 0.05) is 28.9 Å². The standard InChI is InChI=1S/C21H22N6S/c1-3-7-15-14-27-20(25-18(26-27)19-23-12-13-28-19)24-17(15)9-5-8-16(4-2)21(22)10-6-11-21/h3-5,8-9,12-14H,1-2,6-7,10-11,22H2/b9-5+,16-8+. The van der Waals surface area contributed by atoms with E-state index in [-0.39, 0.29) is 5.54 Å². The Labute approximate surface area is 167 Å². The molecule has 0 atom stereocenters. The zero-order valence-electron chi connectivity index (χ0n) is 15.6. The molecular weight excluding hydrogens is 368 g/mol. The number of hydrogen-bond acceptors (Lipinski definition) is 6. The Hall–Kier alpha value is -2.90. The second kappa shape index (κ2) is 7.61. The monoisotopic (exact) mass is 390 g/mol. The zero-order chi connectivity index (χ0) is 19.6. The molecule has 4 rings (SSSR count). The molecule has 6 nitrogen and oxygen atoms in total. The van der Waals surface area contributed by atoms with E-state index in [2.05, 4.69) is 33.2 Å². The summed E-state index contributed by atoms with van der Waals surface area (Å²) in [5.41, 5.74) is 9.10. The van der Waals surface area contributed by atoms with Crippen molar-refractivity contribution in [2.24, 2.45) is 5.73 Å². The van der Waals surface area contributed by atoms with Crippen LogP contribution in [-0.2, 0) is 6.42 Å². The summed E-state index contributed by atoms with van der Waals surface area (Å²) >= 11 is 1.50. The molecule has 28 heavy (non-hydrogen) atoms. The van der Waals surface area contributed by atoms with Gasteiger partial charge in [0.15, 0.2) is 5.01 Å². The highest BCUT2D eigenvalue weighted by atomic mass is 32.1. The lowest BCUT2D eigenvalue weighted by Crippen LogP contribution is -2.47. The third-order valence-electron chi connectivity index (χ3n) is 5.00. The SMILES string of the molecule is C=CCc1cn2nc(-c3nccs3)nc2nc1/C=C/C=C(\C=C)C1(N)CCC1. The van der Waals surface area contributed by atoms with Crippen molar-refractivity contribution >= 4 is 23.2 Å². The lowest BCUT2D eigenvalue weighted by atomic mass is 9.72. The third-order valence-corrected chi connectivity index (χ3v) is 5.77. The van der Waals surface area contributed by atoms with Gasteiger partial charge < -0.3 is 5.73 Å². The lowest BCUT2D eigenvalue weighted by Gasteiger charge is -2.39. The van der Waals surface area contributed by atoms with Crippen LogP contribution in [-0.4, -0.2) is 30.1 Å². The van der Waals surface area contributed by atoms with Crippen molar-refractivity contribution in [3.63, 3.8) is 0 Å². The Bertz CT molecular complexity index is 1070. The molecule has 0 unspecified atom stereocenters. The maximum Gasteiger partial charge on any atom is 0.253 e. The van der Waals surface area contributed by atoms with Gasteiger partial charge in [0.2, 0.25) is 5.82 Å². The van der Waals surface area contributed by atoms with Gasteiger partial charge >= 0.3 is 0 Å². The highest BCUT2D eigenvalue weighted by Crippen LogP contribution is 2.36. The maximum absolute atomic E-state index is 6.41. The number of allylic oxidation sites excluding steroid dienone is 3. The first-order chi connectivity index (χ1) is 13.6. The van der Waals surface area contributed by atoms with E-state index in [4.69, 9.17) is 5.73 Å². The van der Waals surface area contributed by atoms with E-state index < -0.39 is 0 Å². The van der Waals surface area contributed by atoms with Crippen LogP contribution in [0.2, 0.25) is 0 Å². The molecule has 1 aliphatic rings. The van der Waals surface area contributed by atoms with Gasteiger partial charge in [-0.3, -0.25) is 0 Å². The van der Waals surface area contributed by atoms with Gasteiger partial charge in [-0.1, -0.05) is 30.9 Å². The third kappa shape index (κ3) is 3.46. The summed E-state index contributed by atoms with van der Waals surface area (Å²) in [4.78, 5) is 13.5. The van der Waals surface area contributed by atoms with Crippen LogP contribution in [0.15, 0.2) is 60.8 Å². The number of hydrogen-bond donors (Lipinski definition) is 1. The predicted molar refractivity (Wildman–Crippen MR) is 114 cm³/mol. The van der Waals surface area contributed by atoms with Crippen LogP contribution in [0.5, 0.6) is 0 Å². The summed E-state index contributed by atoms with van der Waals surface area (Å²) in [6, 6.07) is 0. The van der Waals surface area contributed by atoms with E-state index in [0.717, 1.165) is 34.7 Å². The number of aromatic nitrogens is 5. The molecule has 2 N–H and O–H groups in total. The smallest absolute Gasteiger partial charge is 0.253 e. The Balaban J connectivity index is 1.69. The molecule has 1 aliphatic carbocycles. The molecular formula is C21H22N6S. The Morgan fingerprint density at radius 2 is 2.18 bits per heavy atom. The molecule has 0 bridgehead atoms. The van der Waals surface area contributed by atoms with Crippen molar-refractivity contribution in [3.8, 4) is 10.8 Å². The van der Waals surface area contributed by atoms with Crippen LogP contribution >= 0.6 is 11.3 Å². The van der Waals surface area contributed by atoms with Crippen LogP contribution in [0.25, 0.3) is 22.7 Å². The fraction of sp³-hybridized carbons (Fsp3) is 0.238. The second-order valence-electron chi connectivity index (χ2n) is 6.86. The molecule has 0 amide bonds. The van der Waals surface area contributed by atoms with Gasteiger partial charge in [-0.2, -0.15) is 4.98 Å². The number of thiazole rings is 1. The van der Waals surface area contributed by atoms with E-state index in [0.29, 0.717) is 18.0 Å². The molecule has 0 aromatic carbocycles. The fourth-order valence-corrected chi connectivity index (χ4v) is 3.84. The Morgan fingerprint density at radius 3 is 2.82 bits per heavy atom. The van der Waals surface area contributed by atoms with Gasteiger partial charge in [0.25, 0.3) is 5.78 Å². The predicted octanol–water partition coefficient (Wildman–Crippen LogP) is 3.98. The molecule has 142 valence electrons. The largest absolute Gasteiger partial charge is 0.321 e. The molecule has 0 radical (unpaired) electrons. The van der Waals surface area contributed by atoms with Gasteiger partial charge in [-0.25, -0.2) is 14.5 Å².